The van der Waals surface area contributed by atoms with Gasteiger partial charge in [0.25, 0.3) is 5.91 Å². The second kappa shape index (κ2) is 9.45. The zero-order valence-electron chi connectivity index (χ0n) is 20.7. The average Bonchev–Trinajstić information content (AvgIpc) is 2.92. The lowest BCUT2D eigenvalue weighted by Gasteiger charge is -2.45. The van der Waals surface area contributed by atoms with Crippen molar-refractivity contribution in [3.8, 4) is 23.0 Å². The first kappa shape index (κ1) is 23.5. The Morgan fingerprint density at radius 3 is 2.22 bits per heavy atom. The first-order valence-corrected chi connectivity index (χ1v) is 11.7. The van der Waals surface area contributed by atoms with Crippen molar-refractivity contribution in [1.29, 1.82) is 0 Å². The lowest BCUT2D eigenvalue weighted by molar-refractivity contribution is -0.119. The molecule has 0 radical (unpaired) electrons. The van der Waals surface area contributed by atoms with Crippen molar-refractivity contribution in [2.24, 2.45) is 0 Å². The van der Waals surface area contributed by atoms with Crippen LogP contribution in [-0.2, 0) is 11.2 Å². The second-order valence-corrected chi connectivity index (χ2v) is 8.72. The minimum Gasteiger partial charge on any atom is -0.493 e. The molecule has 8 nitrogen and oxygen atoms in total. The molecule has 1 N–H and O–H groups in total. The van der Waals surface area contributed by atoms with Crippen LogP contribution in [0.25, 0.3) is 0 Å². The molecule has 0 unspecified atom stereocenters. The van der Waals surface area contributed by atoms with Gasteiger partial charge in [-0.2, -0.15) is 0 Å². The highest BCUT2D eigenvalue weighted by Crippen LogP contribution is 2.48. The molecular formula is C28H28N2O6. The highest BCUT2D eigenvalue weighted by Gasteiger charge is 2.47. The van der Waals surface area contributed by atoms with Crippen LogP contribution in [0, 0.1) is 0 Å². The Balaban J connectivity index is 1.64. The average molecular weight is 489 g/mol. The number of rotatable bonds is 6. The van der Waals surface area contributed by atoms with Gasteiger partial charge in [-0.25, -0.2) is 0 Å². The number of nitrogens with one attached hydrogen (secondary N) is 1. The van der Waals surface area contributed by atoms with Crippen molar-refractivity contribution in [2.45, 2.75) is 18.4 Å². The van der Waals surface area contributed by atoms with Crippen molar-refractivity contribution in [1.82, 2.24) is 4.90 Å². The van der Waals surface area contributed by atoms with Crippen LogP contribution in [0.3, 0.4) is 0 Å². The fourth-order valence-corrected chi connectivity index (χ4v) is 5.27. The molecule has 0 aliphatic carbocycles. The number of fused-ring (bicyclic) bond motifs is 4. The molecule has 8 heteroatoms. The Bertz CT molecular complexity index is 1340. The Morgan fingerprint density at radius 2 is 1.50 bits per heavy atom. The lowest BCUT2D eigenvalue weighted by Crippen LogP contribution is -2.49. The van der Waals surface area contributed by atoms with Crippen LogP contribution in [-0.4, -0.2) is 51.7 Å². The fourth-order valence-electron chi connectivity index (χ4n) is 5.27. The summed E-state index contributed by atoms with van der Waals surface area (Å²) < 4.78 is 21.7. The van der Waals surface area contributed by atoms with Gasteiger partial charge >= 0.3 is 0 Å². The molecule has 2 aliphatic rings. The first-order chi connectivity index (χ1) is 17.5. The van der Waals surface area contributed by atoms with E-state index in [-0.39, 0.29) is 11.8 Å². The summed E-state index contributed by atoms with van der Waals surface area (Å²) >= 11 is 0. The van der Waals surface area contributed by atoms with Crippen LogP contribution < -0.4 is 24.3 Å². The summed E-state index contributed by atoms with van der Waals surface area (Å²) in [6.07, 6.45) is 0.727. The highest BCUT2D eigenvalue weighted by molar-refractivity contribution is 6.05. The van der Waals surface area contributed by atoms with Crippen molar-refractivity contribution < 1.29 is 28.5 Å². The standard InChI is InChI=1S/C28H28N2O6/c1-33-21-10-9-17(13-22(21)34-2)29-27(31)25-19-14-23(35-3)24(36-4)15-20(19)28(32)30-12-11-16-7-5-6-8-18(16)26(25)30/h5-10,13-15,25-26H,11-12H2,1-4H3,(H,29,31)/t25-,26+/m1/s1. The predicted octanol–water partition coefficient (Wildman–Crippen LogP) is 4.20. The Morgan fingerprint density at radius 1 is 0.833 bits per heavy atom. The molecule has 3 aromatic carbocycles. The third-order valence-corrected chi connectivity index (χ3v) is 6.96. The number of nitrogens with zero attached hydrogens (tertiary/aromatic N) is 1. The van der Waals surface area contributed by atoms with E-state index in [0.29, 0.717) is 46.4 Å². The lowest BCUT2D eigenvalue weighted by atomic mass is 9.75. The molecule has 0 bridgehead atoms. The topological polar surface area (TPSA) is 86.3 Å². The summed E-state index contributed by atoms with van der Waals surface area (Å²) in [4.78, 5) is 29.5. The molecule has 0 spiro atoms. The maximum atomic E-state index is 14.0. The van der Waals surface area contributed by atoms with E-state index in [9.17, 15) is 9.59 Å². The van der Waals surface area contributed by atoms with Gasteiger partial charge in [0, 0.05) is 23.9 Å². The maximum absolute atomic E-state index is 14.0. The highest BCUT2D eigenvalue weighted by atomic mass is 16.5. The van der Waals surface area contributed by atoms with E-state index in [1.165, 1.54) is 14.2 Å². The summed E-state index contributed by atoms with van der Waals surface area (Å²) in [6, 6.07) is 16.2. The van der Waals surface area contributed by atoms with E-state index in [1.807, 2.05) is 18.2 Å². The van der Waals surface area contributed by atoms with Crippen molar-refractivity contribution >= 4 is 17.5 Å². The van der Waals surface area contributed by atoms with E-state index in [0.717, 1.165) is 17.5 Å². The SMILES string of the molecule is COc1ccc(NC(=O)[C@@H]2c3cc(OC)c(OC)cc3C(=O)N3CCc4ccccc4[C@@H]23)cc1OC. The molecular weight excluding hydrogens is 460 g/mol. The molecule has 3 aromatic rings. The van der Waals surface area contributed by atoms with E-state index in [4.69, 9.17) is 18.9 Å². The molecule has 36 heavy (non-hydrogen) atoms. The van der Waals surface area contributed by atoms with Gasteiger partial charge in [-0.15, -0.1) is 0 Å². The summed E-state index contributed by atoms with van der Waals surface area (Å²) in [5, 5.41) is 3.04. The smallest absolute Gasteiger partial charge is 0.254 e. The number of benzene rings is 3. The number of anilines is 1. The van der Waals surface area contributed by atoms with Crippen molar-refractivity contribution in [2.75, 3.05) is 40.3 Å². The van der Waals surface area contributed by atoms with Crippen LogP contribution in [0.2, 0.25) is 0 Å². The van der Waals surface area contributed by atoms with E-state index >= 15 is 0 Å². The molecule has 2 heterocycles. The number of carbonyl (C=O) groups is 2. The number of carbonyl (C=O) groups excluding carboxylic acids is 2. The van der Waals surface area contributed by atoms with E-state index in [2.05, 4.69) is 11.4 Å². The Kier molecular flexibility index (Phi) is 6.18. The van der Waals surface area contributed by atoms with Crippen LogP contribution in [0.1, 0.15) is 39.0 Å². The molecule has 2 amide bonds. The van der Waals surface area contributed by atoms with Crippen LogP contribution >= 0.6 is 0 Å². The van der Waals surface area contributed by atoms with Crippen LogP contribution in [0.15, 0.2) is 54.6 Å². The van der Waals surface area contributed by atoms with Crippen LogP contribution in [0.5, 0.6) is 23.0 Å². The molecule has 0 saturated carbocycles. The third kappa shape index (κ3) is 3.79. The van der Waals surface area contributed by atoms with Gasteiger partial charge in [0.05, 0.1) is 40.4 Å². The van der Waals surface area contributed by atoms with E-state index < -0.39 is 12.0 Å². The summed E-state index contributed by atoms with van der Waals surface area (Å²) in [7, 11) is 6.17. The van der Waals surface area contributed by atoms with Crippen LogP contribution in [0.4, 0.5) is 5.69 Å². The number of hydrogen-bond acceptors (Lipinski definition) is 6. The van der Waals surface area contributed by atoms with Gasteiger partial charge in [0.2, 0.25) is 5.91 Å². The van der Waals surface area contributed by atoms with Gasteiger partial charge < -0.3 is 29.2 Å². The molecule has 0 aromatic heterocycles. The second-order valence-electron chi connectivity index (χ2n) is 8.72. The first-order valence-electron chi connectivity index (χ1n) is 11.7. The quantitative estimate of drug-likeness (QED) is 0.560. The maximum Gasteiger partial charge on any atom is 0.254 e. The van der Waals surface area contributed by atoms with Gasteiger partial charge in [-0.1, -0.05) is 24.3 Å². The number of hydrogen-bond donors (Lipinski definition) is 1. The molecule has 186 valence electrons. The molecule has 2 atom stereocenters. The van der Waals surface area contributed by atoms with Gasteiger partial charge in [0.15, 0.2) is 23.0 Å². The van der Waals surface area contributed by atoms with E-state index in [1.54, 1.807) is 49.5 Å². The largest absolute Gasteiger partial charge is 0.493 e. The molecule has 2 aliphatic heterocycles. The molecule has 0 fully saturated rings. The number of methoxy groups -OCH3 is 4. The zero-order valence-corrected chi connectivity index (χ0v) is 20.7. The fraction of sp³-hybridized carbons (Fsp3) is 0.286. The Labute approximate surface area is 209 Å². The Hall–Kier alpha value is -4.20. The minimum atomic E-state index is -0.674. The predicted molar refractivity (Wildman–Crippen MR) is 134 cm³/mol. The van der Waals surface area contributed by atoms with Gasteiger partial charge in [0.1, 0.15) is 0 Å². The number of ether oxygens (including phenoxy) is 4. The monoisotopic (exact) mass is 488 g/mol. The van der Waals surface area contributed by atoms with Gasteiger partial charge in [-0.05, 0) is 47.4 Å². The normalized spacial score (nSPS) is 17.9. The summed E-state index contributed by atoms with van der Waals surface area (Å²) in [5.74, 6) is 0.937. The minimum absolute atomic E-state index is 0.124. The zero-order chi connectivity index (χ0) is 25.4. The van der Waals surface area contributed by atoms with Gasteiger partial charge in [-0.3, -0.25) is 9.59 Å². The molecule has 5 rings (SSSR count). The summed E-state index contributed by atoms with van der Waals surface area (Å²) in [6.45, 7) is 0.522. The summed E-state index contributed by atoms with van der Waals surface area (Å²) in [5.41, 5.74) is 3.72. The van der Waals surface area contributed by atoms with Crippen molar-refractivity contribution in [3.05, 3.63) is 76.9 Å². The number of amides is 2. The van der Waals surface area contributed by atoms with Crippen molar-refractivity contribution in [3.63, 3.8) is 0 Å². The third-order valence-electron chi connectivity index (χ3n) is 6.96. The molecule has 0 saturated heterocycles.